The third-order valence-corrected chi connectivity index (χ3v) is 3.81. The summed E-state index contributed by atoms with van der Waals surface area (Å²) in [6, 6.07) is 10.1. The molecule has 4 atom stereocenters. The van der Waals surface area contributed by atoms with Gasteiger partial charge < -0.3 is 0 Å². The molecule has 1 aliphatic rings. The molecule has 1 aromatic rings. The Kier molecular flexibility index (Phi) is 3.93. The first-order valence-corrected chi connectivity index (χ1v) is 6.03. The fraction of sp³-hybridized carbons (Fsp3) is 0.400. The topological polar surface area (TPSA) is 0 Å². The van der Waals surface area contributed by atoms with E-state index in [0.29, 0.717) is 5.92 Å². The second-order valence-electron chi connectivity index (χ2n) is 4.64. The van der Waals surface area contributed by atoms with Gasteiger partial charge in [-0.05, 0) is 30.2 Å². The molecule has 0 bridgehead atoms. The molecule has 0 saturated heterocycles. The van der Waals surface area contributed by atoms with Gasteiger partial charge in [-0.25, -0.2) is 8.78 Å². The lowest BCUT2D eigenvalue weighted by Gasteiger charge is -2.42. The molecule has 91 valence electrons. The summed E-state index contributed by atoms with van der Waals surface area (Å²) in [5.74, 6) is 0.119. The van der Waals surface area contributed by atoms with Crippen LogP contribution in [0.25, 0.3) is 0 Å². The average Bonchev–Trinajstić information content (AvgIpc) is 2.34. The Bertz CT molecular complexity index is 360. The maximum absolute atomic E-state index is 13.5. The van der Waals surface area contributed by atoms with Crippen LogP contribution in [0.4, 0.5) is 8.78 Å². The fourth-order valence-corrected chi connectivity index (χ4v) is 2.73. The first-order valence-electron chi connectivity index (χ1n) is 6.03. The monoisotopic (exact) mass is 235 g/mol. The number of halogens is 2. The molecule has 0 aliphatic heterocycles. The largest absolute Gasteiger partial charge is 0.243 e. The SMILES string of the molecule is C=CC(C(F)[CH]F)C1CCC1c1ccccc1. The maximum atomic E-state index is 13.5. The van der Waals surface area contributed by atoms with Gasteiger partial charge in [0, 0.05) is 5.92 Å². The molecular weight excluding hydrogens is 218 g/mol. The van der Waals surface area contributed by atoms with Gasteiger partial charge in [-0.3, -0.25) is 0 Å². The Morgan fingerprint density at radius 2 is 1.94 bits per heavy atom. The van der Waals surface area contributed by atoms with E-state index in [4.69, 9.17) is 0 Å². The molecule has 2 heteroatoms. The van der Waals surface area contributed by atoms with E-state index >= 15 is 0 Å². The molecule has 0 heterocycles. The maximum Gasteiger partial charge on any atom is 0.166 e. The highest BCUT2D eigenvalue weighted by Crippen LogP contribution is 2.48. The van der Waals surface area contributed by atoms with E-state index in [1.165, 1.54) is 5.56 Å². The van der Waals surface area contributed by atoms with Crippen LogP contribution in [-0.2, 0) is 0 Å². The van der Waals surface area contributed by atoms with Crippen molar-refractivity contribution in [2.45, 2.75) is 24.9 Å². The van der Waals surface area contributed by atoms with Crippen LogP contribution in [0.5, 0.6) is 0 Å². The van der Waals surface area contributed by atoms with Gasteiger partial charge in [0.2, 0.25) is 0 Å². The quantitative estimate of drug-likeness (QED) is 0.661. The molecule has 17 heavy (non-hydrogen) atoms. The van der Waals surface area contributed by atoms with Gasteiger partial charge in [-0.15, -0.1) is 6.58 Å². The molecule has 1 aliphatic carbocycles. The van der Waals surface area contributed by atoms with E-state index in [1.54, 1.807) is 6.08 Å². The van der Waals surface area contributed by atoms with Crippen LogP contribution >= 0.6 is 0 Å². The van der Waals surface area contributed by atoms with Gasteiger partial charge in [0.1, 0.15) is 6.17 Å². The first kappa shape index (κ1) is 12.3. The summed E-state index contributed by atoms with van der Waals surface area (Å²) >= 11 is 0. The van der Waals surface area contributed by atoms with Crippen molar-refractivity contribution in [3.05, 3.63) is 55.2 Å². The zero-order valence-corrected chi connectivity index (χ0v) is 9.73. The predicted octanol–water partition coefficient (Wildman–Crippen LogP) is 4.45. The second-order valence-corrected chi connectivity index (χ2v) is 4.64. The van der Waals surface area contributed by atoms with Gasteiger partial charge in [0.15, 0.2) is 6.67 Å². The lowest BCUT2D eigenvalue weighted by atomic mass is 9.63. The van der Waals surface area contributed by atoms with Crippen LogP contribution < -0.4 is 0 Å². The summed E-state index contributed by atoms with van der Waals surface area (Å²) in [4.78, 5) is 0. The normalized spacial score (nSPS) is 26.9. The standard InChI is InChI=1S/C15H17F2/c1-2-12(15(17)10-16)14-9-8-13(14)11-6-4-3-5-7-11/h2-7,10,12-15H,1,8-9H2. The number of allylic oxidation sites excluding steroid dienone is 1. The average molecular weight is 235 g/mol. The Balaban J connectivity index is 2.10. The summed E-state index contributed by atoms with van der Waals surface area (Å²) in [7, 11) is 0. The van der Waals surface area contributed by atoms with E-state index in [1.807, 2.05) is 18.2 Å². The third kappa shape index (κ3) is 2.41. The number of rotatable bonds is 5. The molecule has 4 unspecified atom stereocenters. The Morgan fingerprint density at radius 3 is 2.41 bits per heavy atom. The van der Waals surface area contributed by atoms with Gasteiger partial charge in [-0.1, -0.05) is 36.4 Å². The zero-order chi connectivity index (χ0) is 12.3. The van der Waals surface area contributed by atoms with E-state index in [-0.39, 0.29) is 12.6 Å². The molecule has 1 aromatic carbocycles. The van der Waals surface area contributed by atoms with E-state index in [0.717, 1.165) is 12.8 Å². The lowest BCUT2D eigenvalue weighted by molar-refractivity contribution is 0.120. The molecule has 1 fully saturated rings. The highest BCUT2D eigenvalue weighted by Gasteiger charge is 2.40. The van der Waals surface area contributed by atoms with Gasteiger partial charge in [-0.2, -0.15) is 0 Å². The number of hydrogen-bond donors (Lipinski definition) is 0. The van der Waals surface area contributed by atoms with Gasteiger partial charge >= 0.3 is 0 Å². The fourth-order valence-electron chi connectivity index (χ4n) is 2.73. The molecule has 2 rings (SSSR count). The van der Waals surface area contributed by atoms with Crippen LogP contribution in [0.1, 0.15) is 24.3 Å². The number of hydrogen-bond acceptors (Lipinski definition) is 0. The number of benzene rings is 1. The van der Waals surface area contributed by atoms with E-state index in [9.17, 15) is 8.78 Å². The minimum Gasteiger partial charge on any atom is -0.243 e. The molecule has 0 spiro atoms. The van der Waals surface area contributed by atoms with Crippen molar-refractivity contribution in [2.24, 2.45) is 11.8 Å². The summed E-state index contributed by atoms with van der Waals surface area (Å²) in [5, 5.41) is 0. The zero-order valence-electron chi connectivity index (χ0n) is 9.73. The minimum absolute atomic E-state index is 0.146. The van der Waals surface area contributed by atoms with Crippen molar-refractivity contribution in [3.8, 4) is 0 Å². The second kappa shape index (κ2) is 5.44. The molecule has 0 aromatic heterocycles. The number of alkyl halides is 1. The van der Waals surface area contributed by atoms with Crippen molar-refractivity contribution in [2.75, 3.05) is 0 Å². The van der Waals surface area contributed by atoms with Crippen molar-refractivity contribution < 1.29 is 8.78 Å². The summed E-state index contributed by atoms with van der Waals surface area (Å²) in [6.45, 7) is 3.78. The van der Waals surface area contributed by atoms with Gasteiger partial charge in [0.05, 0.1) is 0 Å². The minimum atomic E-state index is -1.52. The molecular formula is C15H17F2. The molecule has 1 radical (unpaired) electrons. The lowest BCUT2D eigenvalue weighted by Crippen LogP contribution is -2.34. The predicted molar refractivity (Wildman–Crippen MR) is 65.9 cm³/mol. The molecule has 0 N–H and O–H groups in total. The molecule has 1 saturated carbocycles. The summed E-state index contributed by atoms with van der Waals surface area (Å²) in [5.41, 5.74) is 1.22. The first-order chi connectivity index (χ1) is 8.27. The Morgan fingerprint density at radius 1 is 1.24 bits per heavy atom. The van der Waals surface area contributed by atoms with Crippen LogP contribution in [0.3, 0.4) is 0 Å². The highest BCUT2D eigenvalue weighted by molar-refractivity contribution is 5.24. The van der Waals surface area contributed by atoms with Gasteiger partial charge in [0.25, 0.3) is 0 Å². The van der Waals surface area contributed by atoms with E-state index < -0.39 is 12.1 Å². The van der Waals surface area contributed by atoms with Crippen LogP contribution in [0.2, 0.25) is 0 Å². The summed E-state index contributed by atoms with van der Waals surface area (Å²) < 4.78 is 25.8. The van der Waals surface area contributed by atoms with E-state index in [2.05, 4.69) is 18.7 Å². The Hall–Kier alpha value is -1.18. The third-order valence-electron chi connectivity index (χ3n) is 3.81. The Labute approximate surface area is 101 Å². The van der Waals surface area contributed by atoms with Crippen LogP contribution in [0.15, 0.2) is 43.0 Å². The summed E-state index contributed by atoms with van der Waals surface area (Å²) in [6.07, 6.45) is 2.03. The molecule has 0 amide bonds. The van der Waals surface area contributed by atoms with Crippen molar-refractivity contribution in [3.63, 3.8) is 0 Å². The smallest absolute Gasteiger partial charge is 0.166 e. The van der Waals surface area contributed by atoms with Crippen LogP contribution in [0, 0.1) is 18.5 Å². The molecule has 0 nitrogen and oxygen atoms in total. The van der Waals surface area contributed by atoms with Crippen LogP contribution in [-0.4, -0.2) is 6.17 Å². The highest BCUT2D eigenvalue weighted by atomic mass is 19.2. The van der Waals surface area contributed by atoms with Crippen molar-refractivity contribution >= 4 is 0 Å². The van der Waals surface area contributed by atoms with Crippen molar-refractivity contribution in [1.82, 2.24) is 0 Å². The van der Waals surface area contributed by atoms with Crippen molar-refractivity contribution in [1.29, 1.82) is 0 Å².